The van der Waals surface area contributed by atoms with Crippen LogP contribution >= 0.6 is 11.8 Å². The van der Waals surface area contributed by atoms with Gasteiger partial charge < -0.3 is 5.11 Å². The fourth-order valence-corrected chi connectivity index (χ4v) is 2.87. The third-order valence-electron chi connectivity index (χ3n) is 2.80. The van der Waals surface area contributed by atoms with Crippen molar-refractivity contribution in [3.05, 3.63) is 58.9 Å². The van der Waals surface area contributed by atoms with Crippen LogP contribution in [0, 0.1) is 19.7 Å². The standard InChI is InChI=1S/C15H15FOS/c1-10-6-7-11(2)15(8-10)18-14-5-3-4-13(16)12(14)9-17/h3-8,17H,9H2,1-2H3. The van der Waals surface area contributed by atoms with Crippen molar-refractivity contribution < 1.29 is 9.50 Å². The van der Waals surface area contributed by atoms with Gasteiger partial charge in [0, 0.05) is 15.4 Å². The number of hydrogen-bond acceptors (Lipinski definition) is 2. The summed E-state index contributed by atoms with van der Waals surface area (Å²) in [6.45, 7) is 3.78. The maximum absolute atomic E-state index is 13.6. The highest BCUT2D eigenvalue weighted by Crippen LogP contribution is 2.34. The summed E-state index contributed by atoms with van der Waals surface area (Å²) in [5.41, 5.74) is 2.69. The van der Waals surface area contributed by atoms with Gasteiger partial charge in [-0.3, -0.25) is 0 Å². The average molecular weight is 262 g/mol. The van der Waals surface area contributed by atoms with E-state index in [0.29, 0.717) is 5.56 Å². The Morgan fingerprint density at radius 2 is 1.89 bits per heavy atom. The minimum Gasteiger partial charge on any atom is -0.392 e. The molecule has 0 saturated heterocycles. The Hall–Kier alpha value is -1.32. The Kier molecular flexibility index (Phi) is 4.04. The molecule has 0 spiro atoms. The maximum atomic E-state index is 13.6. The first-order valence-corrected chi connectivity index (χ1v) is 6.57. The van der Waals surface area contributed by atoms with Gasteiger partial charge >= 0.3 is 0 Å². The molecule has 1 N–H and O–H groups in total. The lowest BCUT2D eigenvalue weighted by molar-refractivity contribution is 0.272. The van der Waals surface area contributed by atoms with Crippen LogP contribution in [0.1, 0.15) is 16.7 Å². The smallest absolute Gasteiger partial charge is 0.129 e. The Morgan fingerprint density at radius 3 is 2.61 bits per heavy atom. The number of aliphatic hydroxyl groups excluding tert-OH is 1. The zero-order valence-electron chi connectivity index (χ0n) is 10.4. The molecule has 0 amide bonds. The lowest BCUT2D eigenvalue weighted by atomic mass is 10.2. The monoisotopic (exact) mass is 262 g/mol. The highest BCUT2D eigenvalue weighted by atomic mass is 32.2. The minimum atomic E-state index is -0.354. The van der Waals surface area contributed by atoms with E-state index < -0.39 is 0 Å². The summed E-state index contributed by atoms with van der Waals surface area (Å²) in [7, 11) is 0. The van der Waals surface area contributed by atoms with Crippen molar-refractivity contribution in [2.24, 2.45) is 0 Å². The first-order chi connectivity index (χ1) is 8.61. The molecule has 0 aromatic heterocycles. The third-order valence-corrected chi connectivity index (χ3v) is 4.06. The normalized spacial score (nSPS) is 10.7. The van der Waals surface area contributed by atoms with Crippen LogP contribution in [-0.2, 0) is 6.61 Å². The van der Waals surface area contributed by atoms with Crippen LogP contribution in [0.3, 0.4) is 0 Å². The van der Waals surface area contributed by atoms with E-state index >= 15 is 0 Å². The Morgan fingerprint density at radius 1 is 1.11 bits per heavy atom. The van der Waals surface area contributed by atoms with Crippen LogP contribution in [0.2, 0.25) is 0 Å². The molecule has 0 heterocycles. The number of aryl methyl sites for hydroxylation is 2. The Balaban J connectivity index is 2.40. The largest absolute Gasteiger partial charge is 0.392 e. The molecule has 0 aliphatic rings. The van der Waals surface area contributed by atoms with E-state index in [9.17, 15) is 9.50 Å². The van der Waals surface area contributed by atoms with Crippen LogP contribution in [0.5, 0.6) is 0 Å². The van der Waals surface area contributed by atoms with Gasteiger partial charge in [0.2, 0.25) is 0 Å². The molecule has 1 nitrogen and oxygen atoms in total. The van der Waals surface area contributed by atoms with Gasteiger partial charge in [-0.05, 0) is 43.2 Å². The molecule has 0 bridgehead atoms. The summed E-state index contributed by atoms with van der Waals surface area (Å²) >= 11 is 1.49. The number of aliphatic hydroxyl groups is 1. The lowest BCUT2D eigenvalue weighted by Gasteiger charge is -2.10. The molecular weight excluding hydrogens is 247 g/mol. The highest BCUT2D eigenvalue weighted by Gasteiger charge is 2.10. The quantitative estimate of drug-likeness (QED) is 0.899. The van der Waals surface area contributed by atoms with Crippen LogP contribution in [-0.4, -0.2) is 5.11 Å². The summed E-state index contributed by atoms with van der Waals surface area (Å²) in [5, 5.41) is 9.25. The molecule has 2 aromatic rings. The minimum absolute atomic E-state index is 0.278. The predicted molar refractivity (Wildman–Crippen MR) is 72.4 cm³/mol. The van der Waals surface area contributed by atoms with Crippen molar-refractivity contribution in [3.63, 3.8) is 0 Å². The van der Waals surface area contributed by atoms with Crippen molar-refractivity contribution in [1.82, 2.24) is 0 Å². The van der Waals surface area contributed by atoms with E-state index in [1.54, 1.807) is 6.07 Å². The lowest BCUT2D eigenvalue weighted by Crippen LogP contribution is -1.93. The molecule has 3 heteroatoms. The Bertz CT molecular complexity index is 566. The molecule has 0 fully saturated rings. The van der Waals surface area contributed by atoms with E-state index in [1.807, 2.05) is 19.9 Å². The topological polar surface area (TPSA) is 20.2 Å². The van der Waals surface area contributed by atoms with Gasteiger partial charge in [-0.25, -0.2) is 4.39 Å². The zero-order chi connectivity index (χ0) is 13.1. The van der Waals surface area contributed by atoms with Gasteiger partial charge in [-0.1, -0.05) is 30.0 Å². The van der Waals surface area contributed by atoms with Gasteiger partial charge in [-0.2, -0.15) is 0 Å². The molecule has 0 aliphatic heterocycles. The van der Waals surface area contributed by atoms with Crippen LogP contribution < -0.4 is 0 Å². The van der Waals surface area contributed by atoms with Gasteiger partial charge in [-0.15, -0.1) is 0 Å². The van der Waals surface area contributed by atoms with Crippen molar-refractivity contribution >= 4 is 11.8 Å². The highest BCUT2D eigenvalue weighted by molar-refractivity contribution is 7.99. The molecule has 0 radical (unpaired) electrons. The Labute approximate surface area is 111 Å². The van der Waals surface area contributed by atoms with E-state index in [0.717, 1.165) is 15.4 Å². The van der Waals surface area contributed by atoms with Crippen LogP contribution in [0.25, 0.3) is 0 Å². The second kappa shape index (κ2) is 5.55. The van der Waals surface area contributed by atoms with Gasteiger partial charge in [0.05, 0.1) is 6.61 Å². The second-order valence-corrected chi connectivity index (χ2v) is 5.33. The summed E-state index contributed by atoms with van der Waals surface area (Å²) in [6, 6.07) is 11.1. The fourth-order valence-electron chi connectivity index (χ4n) is 1.72. The molecule has 0 saturated carbocycles. The van der Waals surface area contributed by atoms with Crippen molar-refractivity contribution in [2.45, 2.75) is 30.2 Å². The third kappa shape index (κ3) is 2.74. The maximum Gasteiger partial charge on any atom is 0.129 e. The first kappa shape index (κ1) is 13.1. The molecule has 94 valence electrons. The number of rotatable bonds is 3. The molecule has 2 rings (SSSR count). The molecular formula is C15H15FOS. The van der Waals surface area contributed by atoms with Gasteiger partial charge in [0.1, 0.15) is 5.82 Å². The molecule has 2 aromatic carbocycles. The van der Waals surface area contributed by atoms with E-state index in [2.05, 4.69) is 18.2 Å². The van der Waals surface area contributed by atoms with E-state index in [-0.39, 0.29) is 12.4 Å². The van der Waals surface area contributed by atoms with E-state index in [1.165, 1.54) is 23.4 Å². The first-order valence-electron chi connectivity index (χ1n) is 5.75. The predicted octanol–water partition coefficient (Wildman–Crippen LogP) is 4.09. The SMILES string of the molecule is Cc1ccc(C)c(Sc2cccc(F)c2CO)c1. The summed E-state index contributed by atoms with van der Waals surface area (Å²) in [5.74, 6) is -0.354. The van der Waals surface area contributed by atoms with Gasteiger partial charge in [0.15, 0.2) is 0 Å². The van der Waals surface area contributed by atoms with E-state index in [4.69, 9.17) is 0 Å². The van der Waals surface area contributed by atoms with Crippen LogP contribution in [0.4, 0.5) is 4.39 Å². The van der Waals surface area contributed by atoms with Crippen molar-refractivity contribution in [3.8, 4) is 0 Å². The zero-order valence-corrected chi connectivity index (χ0v) is 11.2. The van der Waals surface area contributed by atoms with Crippen LogP contribution in [0.15, 0.2) is 46.2 Å². The summed E-state index contributed by atoms with van der Waals surface area (Å²) in [6.07, 6.45) is 0. The number of hydrogen-bond donors (Lipinski definition) is 1. The second-order valence-electron chi connectivity index (χ2n) is 4.25. The molecule has 0 atom stereocenters. The number of benzene rings is 2. The summed E-state index contributed by atoms with van der Waals surface area (Å²) < 4.78 is 13.6. The molecule has 18 heavy (non-hydrogen) atoms. The van der Waals surface area contributed by atoms with Crippen molar-refractivity contribution in [2.75, 3.05) is 0 Å². The average Bonchev–Trinajstić information content (AvgIpc) is 2.34. The molecule has 0 unspecified atom stereocenters. The van der Waals surface area contributed by atoms with Crippen molar-refractivity contribution in [1.29, 1.82) is 0 Å². The fraction of sp³-hybridized carbons (Fsp3) is 0.200. The summed E-state index contributed by atoms with van der Waals surface area (Å²) in [4.78, 5) is 1.86. The molecule has 0 aliphatic carbocycles. The number of halogens is 1. The van der Waals surface area contributed by atoms with Gasteiger partial charge in [0.25, 0.3) is 0 Å².